The number of fused-ring (bicyclic) bond motifs is 1. The van der Waals surface area contributed by atoms with Crippen molar-refractivity contribution in [3.05, 3.63) is 24.3 Å². The topological polar surface area (TPSA) is 70.2 Å². The number of piperazine rings is 1. The molecule has 2 aliphatic rings. The molecule has 22 heavy (non-hydrogen) atoms. The summed E-state index contributed by atoms with van der Waals surface area (Å²) in [6, 6.07) is 7.18. The molecule has 0 N–H and O–H groups in total. The van der Waals surface area contributed by atoms with E-state index in [9.17, 15) is 14.4 Å². The van der Waals surface area contributed by atoms with Gasteiger partial charge in [-0.05, 0) is 12.1 Å². The van der Waals surface area contributed by atoms with Crippen molar-refractivity contribution in [2.75, 3.05) is 44.2 Å². The Morgan fingerprint density at radius 3 is 2.64 bits per heavy atom. The number of benzene rings is 1. The fourth-order valence-electron chi connectivity index (χ4n) is 2.68. The van der Waals surface area contributed by atoms with Gasteiger partial charge in [0.05, 0.1) is 12.2 Å². The molecule has 3 rings (SSSR count). The summed E-state index contributed by atoms with van der Waals surface area (Å²) in [6.45, 7) is 2.35. The summed E-state index contributed by atoms with van der Waals surface area (Å²) >= 11 is 0. The third-order valence-electron chi connectivity index (χ3n) is 3.89. The number of para-hydroxylation sites is 2. The van der Waals surface area contributed by atoms with Crippen molar-refractivity contribution in [2.45, 2.75) is 0 Å². The second-order valence-electron chi connectivity index (χ2n) is 5.32. The van der Waals surface area contributed by atoms with Crippen LogP contribution in [-0.4, -0.2) is 67.4 Å². The quantitative estimate of drug-likeness (QED) is 0.436. The van der Waals surface area contributed by atoms with Gasteiger partial charge in [-0.2, -0.15) is 0 Å². The average molecular weight is 303 g/mol. The van der Waals surface area contributed by atoms with Crippen LogP contribution in [0.3, 0.4) is 0 Å². The lowest BCUT2D eigenvalue weighted by Crippen LogP contribution is -2.51. The van der Waals surface area contributed by atoms with Gasteiger partial charge >= 0.3 is 5.97 Å². The number of anilines is 1. The lowest BCUT2D eigenvalue weighted by molar-refractivity contribution is -0.135. The van der Waals surface area contributed by atoms with Gasteiger partial charge in [0.15, 0.2) is 5.75 Å². The molecule has 2 amide bonds. The molecule has 7 nitrogen and oxygen atoms in total. The maximum absolute atomic E-state index is 12.4. The number of rotatable bonds is 3. The summed E-state index contributed by atoms with van der Waals surface area (Å²) in [5.41, 5.74) is 0.752. The highest BCUT2D eigenvalue weighted by atomic mass is 16.5. The molecule has 2 aliphatic heterocycles. The minimum absolute atomic E-state index is 0.0462. The van der Waals surface area contributed by atoms with E-state index in [1.807, 2.05) is 12.1 Å². The van der Waals surface area contributed by atoms with Crippen LogP contribution >= 0.6 is 0 Å². The Kier molecular flexibility index (Phi) is 3.95. The lowest BCUT2D eigenvalue weighted by atomic mass is 10.2. The van der Waals surface area contributed by atoms with Crippen LogP contribution in [-0.2, 0) is 14.4 Å². The zero-order valence-corrected chi connectivity index (χ0v) is 12.1. The van der Waals surface area contributed by atoms with Crippen molar-refractivity contribution in [3.63, 3.8) is 0 Å². The van der Waals surface area contributed by atoms with Crippen LogP contribution < -0.4 is 9.64 Å². The zero-order chi connectivity index (χ0) is 15.5. The molecule has 0 spiro atoms. The molecule has 1 aromatic rings. The van der Waals surface area contributed by atoms with Crippen LogP contribution in [0.1, 0.15) is 0 Å². The van der Waals surface area contributed by atoms with Crippen LogP contribution in [0.2, 0.25) is 0 Å². The molecule has 1 saturated heterocycles. The van der Waals surface area contributed by atoms with Crippen molar-refractivity contribution in [2.24, 2.45) is 0 Å². The Balaban J connectivity index is 1.67. The van der Waals surface area contributed by atoms with Gasteiger partial charge in [0.1, 0.15) is 6.54 Å². The number of nitrogens with zero attached hydrogens (tertiary/aromatic N) is 3. The molecular weight excluding hydrogens is 286 g/mol. The van der Waals surface area contributed by atoms with E-state index in [-0.39, 0.29) is 25.0 Å². The summed E-state index contributed by atoms with van der Waals surface area (Å²) in [5.74, 6) is 0.0738. The van der Waals surface area contributed by atoms with E-state index in [0.717, 1.165) is 12.1 Å². The van der Waals surface area contributed by atoms with Crippen LogP contribution in [0.4, 0.5) is 5.69 Å². The largest absolute Gasteiger partial charge is 0.423 e. The molecule has 7 heteroatoms. The predicted octanol–water partition coefficient (Wildman–Crippen LogP) is -0.287. The van der Waals surface area contributed by atoms with Crippen molar-refractivity contribution in [3.8, 4) is 5.75 Å². The smallest absolute Gasteiger partial charge is 0.331 e. The number of amides is 2. The first kappa shape index (κ1) is 14.4. The first-order valence-electron chi connectivity index (χ1n) is 7.19. The fourth-order valence-corrected chi connectivity index (χ4v) is 2.68. The zero-order valence-electron chi connectivity index (χ0n) is 12.1. The number of carbonyl (C=O) groups is 3. The summed E-state index contributed by atoms with van der Waals surface area (Å²) in [5, 5.41) is 0. The van der Waals surface area contributed by atoms with Crippen LogP contribution in [0.5, 0.6) is 5.75 Å². The van der Waals surface area contributed by atoms with Gasteiger partial charge in [-0.15, -0.1) is 0 Å². The number of carbonyl (C=O) groups excluding carboxylic acids is 3. The molecule has 0 unspecified atom stereocenters. The highest BCUT2D eigenvalue weighted by Gasteiger charge is 2.28. The third-order valence-corrected chi connectivity index (χ3v) is 3.89. The van der Waals surface area contributed by atoms with Gasteiger partial charge in [-0.25, -0.2) is 4.79 Å². The number of hydrogen-bond acceptors (Lipinski definition) is 5. The molecule has 0 aromatic heterocycles. The van der Waals surface area contributed by atoms with Gasteiger partial charge in [-0.3, -0.25) is 9.59 Å². The van der Waals surface area contributed by atoms with Crippen LogP contribution in [0.25, 0.3) is 0 Å². The van der Waals surface area contributed by atoms with E-state index in [1.165, 1.54) is 0 Å². The maximum Gasteiger partial charge on any atom is 0.331 e. The van der Waals surface area contributed by atoms with Gasteiger partial charge < -0.3 is 19.4 Å². The highest BCUT2D eigenvalue weighted by Crippen LogP contribution is 2.31. The molecule has 0 saturated carbocycles. The summed E-state index contributed by atoms with van der Waals surface area (Å²) in [6.07, 6.45) is 0.804. The van der Waals surface area contributed by atoms with E-state index in [4.69, 9.17) is 4.74 Å². The molecule has 0 radical (unpaired) electrons. The van der Waals surface area contributed by atoms with Gasteiger partial charge in [0, 0.05) is 26.2 Å². The molecule has 1 fully saturated rings. The molecule has 1 aromatic carbocycles. The van der Waals surface area contributed by atoms with E-state index in [1.54, 1.807) is 26.8 Å². The Morgan fingerprint density at radius 2 is 1.91 bits per heavy atom. The van der Waals surface area contributed by atoms with Gasteiger partial charge in [0.25, 0.3) is 0 Å². The molecule has 0 atom stereocenters. The fraction of sp³-hybridized carbons (Fsp3) is 0.400. The second-order valence-corrected chi connectivity index (χ2v) is 5.32. The molecule has 2 heterocycles. The lowest BCUT2D eigenvalue weighted by Gasteiger charge is -2.35. The van der Waals surface area contributed by atoms with E-state index in [2.05, 4.69) is 0 Å². The normalized spacial score (nSPS) is 17.8. The average Bonchev–Trinajstić information content (AvgIpc) is 2.54. The minimum atomic E-state index is -0.364. The van der Waals surface area contributed by atoms with E-state index < -0.39 is 0 Å². The van der Waals surface area contributed by atoms with Crippen LogP contribution in [0.15, 0.2) is 24.3 Å². The Morgan fingerprint density at radius 1 is 1.18 bits per heavy atom. The number of ether oxygens (including phenoxy) is 1. The Labute approximate surface area is 128 Å². The summed E-state index contributed by atoms with van der Waals surface area (Å²) in [4.78, 5) is 39.8. The molecular formula is C15H17N3O4. The second kappa shape index (κ2) is 6.05. The monoisotopic (exact) mass is 303 g/mol. The molecule has 116 valence electrons. The van der Waals surface area contributed by atoms with Crippen LogP contribution in [0, 0.1) is 0 Å². The maximum atomic E-state index is 12.4. The number of esters is 1. The Bertz CT molecular complexity index is 596. The van der Waals surface area contributed by atoms with Crippen molar-refractivity contribution >= 4 is 24.0 Å². The molecule has 0 bridgehead atoms. The Hall–Kier alpha value is -2.57. The standard InChI is InChI=1S/C15H17N3O4/c19-11-16-5-7-17(8-6-16)14(20)9-18-10-15(21)22-13-4-2-1-3-12(13)18/h1-4,11H,5-10H2. The van der Waals surface area contributed by atoms with E-state index in [0.29, 0.717) is 31.9 Å². The van der Waals surface area contributed by atoms with Crippen molar-refractivity contribution in [1.82, 2.24) is 9.80 Å². The van der Waals surface area contributed by atoms with Gasteiger partial charge in [-0.1, -0.05) is 12.1 Å². The summed E-state index contributed by atoms with van der Waals surface area (Å²) in [7, 11) is 0. The summed E-state index contributed by atoms with van der Waals surface area (Å²) < 4.78 is 5.17. The molecule has 0 aliphatic carbocycles. The minimum Gasteiger partial charge on any atom is -0.423 e. The van der Waals surface area contributed by atoms with E-state index >= 15 is 0 Å². The van der Waals surface area contributed by atoms with Crippen molar-refractivity contribution < 1.29 is 19.1 Å². The van der Waals surface area contributed by atoms with Gasteiger partial charge in [0.2, 0.25) is 12.3 Å². The van der Waals surface area contributed by atoms with Crippen molar-refractivity contribution in [1.29, 1.82) is 0 Å². The first-order chi connectivity index (χ1) is 10.7. The number of hydrogen-bond donors (Lipinski definition) is 0. The SMILES string of the molecule is O=CN1CCN(C(=O)CN2CC(=O)Oc3ccccc32)CC1. The third kappa shape index (κ3) is 2.88. The predicted molar refractivity (Wildman–Crippen MR) is 78.5 cm³/mol. The first-order valence-corrected chi connectivity index (χ1v) is 7.19. The highest BCUT2D eigenvalue weighted by molar-refractivity contribution is 5.89.